The summed E-state index contributed by atoms with van der Waals surface area (Å²) in [5.41, 5.74) is 0.148. The Hall–Kier alpha value is -3.76. The fourth-order valence-corrected chi connectivity index (χ4v) is 2.46. The summed E-state index contributed by atoms with van der Waals surface area (Å²) < 4.78 is 0. The third kappa shape index (κ3) is 3.04. The molecule has 0 spiro atoms. The average molecular weight is 308 g/mol. The van der Waals surface area contributed by atoms with Crippen molar-refractivity contribution in [3.05, 3.63) is 84.4 Å². The third-order valence-corrected chi connectivity index (χ3v) is 3.56. The van der Waals surface area contributed by atoms with Crippen molar-refractivity contribution >= 4 is 21.5 Å². The first-order valence-corrected chi connectivity index (χ1v) is 7.31. The maximum absolute atomic E-state index is 8.35. The topological polar surface area (TPSA) is 73.4 Å². The molecule has 4 nitrogen and oxygen atoms in total. The molecular formula is C20H12N4. The van der Waals surface area contributed by atoms with E-state index in [-0.39, 0.29) is 11.4 Å². The first-order chi connectivity index (χ1) is 11.8. The molecule has 0 amide bonds. The average Bonchev–Trinajstić information content (AvgIpc) is 2.68. The van der Waals surface area contributed by atoms with Crippen LogP contribution in [0.25, 0.3) is 21.5 Å². The standard InChI is InChI=1S/C14H10.C6H2N4/c1-3-7-13-11(5-1)9-10-12-6-2-4-8-14(12)13;7-3-5-6(4-8)10-2-1-9-5/h1-10H;1-2H. The van der Waals surface area contributed by atoms with Crippen molar-refractivity contribution in [2.24, 2.45) is 0 Å². The second-order valence-corrected chi connectivity index (χ2v) is 4.98. The predicted molar refractivity (Wildman–Crippen MR) is 92.9 cm³/mol. The van der Waals surface area contributed by atoms with Gasteiger partial charge in [0.1, 0.15) is 12.1 Å². The number of fused-ring (bicyclic) bond motifs is 3. The number of nitriles is 2. The van der Waals surface area contributed by atoms with Gasteiger partial charge in [-0.05, 0) is 21.5 Å². The summed E-state index contributed by atoms with van der Waals surface area (Å²) in [6.45, 7) is 0. The number of hydrogen-bond acceptors (Lipinski definition) is 4. The van der Waals surface area contributed by atoms with Crippen molar-refractivity contribution < 1.29 is 0 Å². The lowest BCUT2D eigenvalue weighted by Gasteiger charge is -2.02. The van der Waals surface area contributed by atoms with E-state index in [1.807, 2.05) is 0 Å². The van der Waals surface area contributed by atoms with E-state index < -0.39 is 0 Å². The first-order valence-electron chi connectivity index (χ1n) is 7.31. The third-order valence-electron chi connectivity index (χ3n) is 3.56. The molecule has 0 aliphatic rings. The lowest BCUT2D eigenvalue weighted by molar-refractivity contribution is 1.13. The van der Waals surface area contributed by atoms with Crippen molar-refractivity contribution in [2.75, 3.05) is 0 Å². The monoisotopic (exact) mass is 308 g/mol. The highest BCUT2D eigenvalue weighted by molar-refractivity contribution is 6.07. The SMILES string of the molecule is N#Cc1nccnc1C#N.c1ccc2c(c1)ccc1ccccc12. The zero-order valence-corrected chi connectivity index (χ0v) is 12.7. The molecule has 0 fully saturated rings. The summed E-state index contributed by atoms with van der Waals surface area (Å²) in [6, 6.07) is 24.9. The van der Waals surface area contributed by atoms with Crippen molar-refractivity contribution in [3.63, 3.8) is 0 Å². The minimum atomic E-state index is 0.0741. The molecule has 4 aromatic rings. The second-order valence-electron chi connectivity index (χ2n) is 4.98. The van der Waals surface area contributed by atoms with Crippen LogP contribution in [0.5, 0.6) is 0 Å². The van der Waals surface area contributed by atoms with E-state index in [1.54, 1.807) is 12.1 Å². The zero-order valence-electron chi connectivity index (χ0n) is 12.7. The van der Waals surface area contributed by atoms with Gasteiger partial charge in [0.05, 0.1) is 0 Å². The molecule has 4 rings (SSSR count). The van der Waals surface area contributed by atoms with E-state index in [0.717, 1.165) is 0 Å². The normalized spacial score (nSPS) is 9.58. The van der Waals surface area contributed by atoms with Crippen LogP contribution in [-0.4, -0.2) is 9.97 Å². The van der Waals surface area contributed by atoms with Gasteiger partial charge in [-0.3, -0.25) is 0 Å². The van der Waals surface area contributed by atoms with Crippen LogP contribution in [0, 0.1) is 22.7 Å². The Balaban J connectivity index is 0.000000150. The Bertz CT molecular complexity index is 1000. The van der Waals surface area contributed by atoms with E-state index >= 15 is 0 Å². The van der Waals surface area contributed by atoms with Crippen molar-refractivity contribution in [3.8, 4) is 12.1 Å². The Morgan fingerprint density at radius 1 is 0.583 bits per heavy atom. The van der Waals surface area contributed by atoms with Gasteiger partial charge >= 0.3 is 0 Å². The molecule has 0 saturated carbocycles. The van der Waals surface area contributed by atoms with Gasteiger partial charge in [-0.25, -0.2) is 9.97 Å². The lowest BCUT2D eigenvalue weighted by Crippen LogP contribution is -1.90. The molecule has 0 atom stereocenters. The van der Waals surface area contributed by atoms with E-state index in [0.29, 0.717) is 0 Å². The zero-order chi connectivity index (χ0) is 16.8. The fourth-order valence-electron chi connectivity index (χ4n) is 2.46. The van der Waals surface area contributed by atoms with Crippen LogP contribution in [0.1, 0.15) is 11.4 Å². The first kappa shape index (κ1) is 15.1. The summed E-state index contributed by atoms with van der Waals surface area (Å²) in [7, 11) is 0. The van der Waals surface area contributed by atoms with E-state index in [2.05, 4.69) is 70.6 Å². The molecule has 0 unspecified atom stereocenters. The van der Waals surface area contributed by atoms with Gasteiger partial charge in [-0.15, -0.1) is 0 Å². The predicted octanol–water partition coefficient (Wildman–Crippen LogP) is 4.21. The van der Waals surface area contributed by atoms with Crippen LogP contribution in [0.15, 0.2) is 73.1 Å². The number of nitrogens with zero attached hydrogens (tertiary/aromatic N) is 4. The number of aromatic nitrogens is 2. The van der Waals surface area contributed by atoms with E-state index in [1.165, 1.54) is 33.9 Å². The van der Waals surface area contributed by atoms with Crippen LogP contribution in [0.4, 0.5) is 0 Å². The molecule has 0 radical (unpaired) electrons. The Kier molecular flexibility index (Phi) is 4.42. The molecule has 0 bridgehead atoms. The van der Waals surface area contributed by atoms with Crippen LogP contribution >= 0.6 is 0 Å². The Morgan fingerprint density at radius 2 is 1.00 bits per heavy atom. The number of benzene rings is 3. The van der Waals surface area contributed by atoms with Crippen molar-refractivity contribution in [1.29, 1.82) is 10.5 Å². The molecule has 1 heterocycles. The molecule has 3 aromatic carbocycles. The van der Waals surface area contributed by atoms with Crippen LogP contribution in [0.3, 0.4) is 0 Å². The quantitative estimate of drug-likeness (QED) is 0.456. The van der Waals surface area contributed by atoms with Gasteiger partial charge in [0.15, 0.2) is 11.4 Å². The van der Waals surface area contributed by atoms with Crippen LogP contribution in [-0.2, 0) is 0 Å². The highest BCUT2D eigenvalue weighted by atomic mass is 14.8. The minimum absolute atomic E-state index is 0.0741. The summed E-state index contributed by atoms with van der Waals surface area (Å²) in [6.07, 6.45) is 2.75. The fraction of sp³-hybridized carbons (Fsp3) is 0. The van der Waals surface area contributed by atoms with Gasteiger partial charge in [0.25, 0.3) is 0 Å². The molecule has 0 saturated heterocycles. The van der Waals surface area contributed by atoms with Gasteiger partial charge in [-0.2, -0.15) is 10.5 Å². The number of rotatable bonds is 0. The van der Waals surface area contributed by atoms with Gasteiger partial charge < -0.3 is 0 Å². The highest BCUT2D eigenvalue weighted by Gasteiger charge is 1.99. The summed E-state index contributed by atoms with van der Waals surface area (Å²) in [5.74, 6) is 0. The molecule has 0 N–H and O–H groups in total. The molecular weight excluding hydrogens is 296 g/mol. The van der Waals surface area contributed by atoms with Gasteiger partial charge in [-0.1, -0.05) is 60.7 Å². The number of hydrogen-bond donors (Lipinski definition) is 0. The molecule has 1 aromatic heterocycles. The maximum Gasteiger partial charge on any atom is 0.177 e. The van der Waals surface area contributed by atoms with Crippen molar-refractivity contribution in [1.82, 2.24) is 9.97 Å². The van der Waals surface area contributed by atoms with Crippen LogP contribution < -0.4 is 0 Å². The largest absolute Gasteiger partial charge is 0.241 e. The highest BCUT2D eigenvalue weighted by Crippen LogP contribution is 2.24. The molecule has 4 heteroatoms. The molecule has 0 aliphatic heterocycles. The Morgan fingerprint density at radius 3 is 1.42 bits per heavy atom. The second kappa shape index (κ2) is 7.00. The summed E-state index contributed by atoms with van der Waals surface area (Å²) in [5, 5.41) is 22.0. The van der Waals surface area contributed by atoms with E-state index in [4.69, 9.17) is 10.5 Å². The molecule has 0 aliphatic carbocycles. The summed E-state index contributed by atoms with van der Waals surface area (Å²) in [4.78, 5) is 7.24. The van der Waals surface area contributed by atoms with Gasteiger partial charge in [0, 0.05) is 12.4 Å². The van der Waals surface area contributed by atoms with Gasteiger partial charge in [0.2, 0.25) is 0 Å². The minimum Gasteiger partial charge on any atom is -0.241 e. The van der Waals surface area contributed by atoms with E-state index in [9.17, 15) is 0 Å². The molecule has 112 valence electrons. The smallest absolute Gasteiger partial charge is 0.177 e. The van der Waals surface area contributed by atoms with Crippen LogP contribution in [0.2, 0.25) is 0 Å². The maximum atomic E-state index is 8.35. The summed E-state index contributed by atoms with van der Waals surface area (Å²) >= 11 is 0. The van der Waals surface area contributed by atoms with Crippen molar-refractivity contribution in [2.45, 2.75) is 0 Å². The lowest BCUT2D eigenvalue weighted by atomic mass is 10.0. The Labute approximate surface area is 139 Å². The molecule has 24 heavy (non-hydrogen) atoms.